The van der Waals surface area contributed by atoms with Gasteiger partial charge in [-0.15, -0.1) is 5.10 Å². The van der Waals surface area contributed by atoms with Gasteiger partial charge in [-0.1, -0.05) is 24.6 Å². The predicted molar refractivity (Wildman–Crippen MR) is 80.2 cm³/mol. The third-order valence-corrected chi connectivity index (χ3v) is 3.96. The molecule has 2 aromatic rings. The van der Waals surface area contributed by atoms with Crippen LogP contribution in [-0.2, 0) is 11.3 Å². The molecule has 1 fully saturated rings. The molecule has 2 heterocycles. The minimum Gasteiger partial charge on any atom is -0.458 e. The van der Waals surface area contributed by atoms with E-state index < -0.39 is 0 Å². The number of nitrogens with zero attached hydrogens (tertiary/aromatic N) is 4. The molecule has 0 N–H and O–H groups in total. The van der Waals surface area contributed by atoms with Gasteiger partial charge in [0.1, 0.15) is 6.10 Å². The SMILES string of the molecule is C[C@H]1CCC[C@@H](OC(=O)c2cn(Cc3ccccn3)nn2)C1. The Morgan fingerprint density at radius 3 is 3.09 bits per heavy atom. The van der Waals surface area contributed by atoms with Crippen molar-refractivity contribution in [1.29, 1.82) is 0 Å². The van der Waals surface area contributed by atoms with Gasteiger partial charge in [0.05, 0.1) is 18.4 Å². The van der Waals surface area contributed by atoms with Crippen LogP contribution in [0, 0.1) is 5.92 Å². The second-order valence-electron chi connectivity index (χ2n) is 5.92. The number of hydrogen-bond acceptors (Lipinski definition) is 5. The molecule has 1 aliphatic carbocycles. The average Bonchev–Trinajstić information content (AvgIpc) is 2.97. The summed E-state index contributed by atoms with van der Waals surface area (Å²) in [5.74, 6) is 0.234. The Kier molecular flexibility index (Phi) is 4.46. The highest BCUT2D eigenvalue weighted by atomic mass is 16.5. The molecule has 1 saturated carbocycles. The van der Waals surface area contributed by atoms with Crippen LogP contribution in [0.15, 0.2) is 30.6 Å². The van der Waals surface area contributed by atoms with E-state index in [9.17, 15) is 4.79 Å². The van der Waals surface area contributed by atoms with Gasteiger partial charge < -0.3 is 4.74 Å². The van der Waals surface area contributed by atoms with Crippen molar-refractivity contribution in [1.82, 2.24) is 20.0 Å². The Labute approximate surface area is 129 Å². The number of pyridine rings is 1. The molecule has 0 aromatic carbocycles. The van der Waals surface area contributed by atoms with E-state index in [4.69, 9.17) is 4.74 Å². The first kappa shape index (κ1) is 14.7. The molecule has 116 valence electrons. The van der Waals surface area contributed by atoms with Gasteiger partial charge in [0, 0.05) is 6.20 Å². The molecule has 0 radical (unpaired) electrons. The maximum atomic E-state index is 12.1. The van der Waals surface area contributed by atoms with Crippen molar-refractivity contribution in [2.24, 2.45) is 5.92 Å². The molecule has 3 rings (SSSR count). The quantitative estimate of drug-likeness (QED) is 0.811. The fourth-order valence-corrected chi connectivity index (χ4v) is 2.82. The third-order valence-electron chi connectivity index (χ3n) is 3.96. The molecule has 2 atom stereocenters. The number of ether oxygens (including phenoxy) is 1. The highest BCUT2D eigenvalue weighted by molar-refractivity contribution is 5.86. The lowest BCUT2D eigenvalue weighted by atomic mass is 9.89. The number of aromatic nitrogens is 4. The molecule has 0 aliphatic heterocycles. The fraction of sp³-hybridized carbons (Fsp3) is 0.500. The summed E-state index contributed by atoms with van der Waals surface area (Å²) in [6.45, 7) is 2.69. The van der Waals surface area contributed by atoms with E-state index in [-0.39, 0.29) is 17.8 Å². The summed E-state index contributed by atoms with van der Waals surface area (Å²) in [7, 11) is 0. The first-order valence-corrected chi connectivity index (χ1v) is 7.72. The summed E-state index contributed by atoms with van der Waals surface area (Å²) in [4.78, 5) is 16.4. The van der Waals surface area contributed by atoms with Gasteiger partial charge in [0.25, 0.3) is 0 Å². The molecule has 0 saturated heterocycles. The largest absolute Gasteiger partial charge is 0.458 e. The van der Waals surface area contributed by atoms with Gasteiger partial charge in [0.2, 0.25) is 0 Å². The number of esters is 1. The number of carbonyl (C=O) groups is 1. The van der Waals surface area contributed by atoms with Crippen LogP contribution in [0.5, 0.6) is 0 Å². The van der Waals surface area contributed by atoms with Gasteiger partial charge in [-0.3, -0.25) is 4.98 Å². The normalized spacial score (nSPS) is 21.5. The van der Waals surface area contributed by atoms with E-state index >= 15 is 0 Å². The van der Waals surface area contributed by atoms with Gasteiger partial charge in [-0.25, -0.2) is 9.48 Å². The van der Waals surface area contributed by atoms with E-state index in [1.165, 1.54) is 6.42 Å². The van der Waals surface area contributed by atoms with Crippen molar-refractivity contribution in [3.63, 3.8) is 0 Å². The molecule has 2 aromatic heterocycles. The van der Waals surface area contributed by atoms with Gasteiger partial charge in [0.15, 0.2) is 5.69 Å². The summed E-state index contributed by atoms with van der Waals surface area (Å²) in [5, 5.41) is 7.87. The first-order valence-electron chi connectivity index (χ1n) is 7.72. The molecule has 0 unspecified atom stereocenters. The van der Waals surface area contributed by atoms with E-state index in [0.717, 1.165) is 25.0 Å². The zero-order valence-electron chi connectivity index (χ0n) is 12.7. The minimum atomic E-state index is -0.383. The van der Waals surface area contributed by atoms with Crippen molar-refractivity contribution in [3.8, 4) is 0 Å². The van der Waals surface area contributed by atoms with Crippen molar-refractivity contribution in [2.45, 2.75) is 45.3 Å². The van der Waals surface area contributed by atoms with Gasteiger partial charge in [-0.2, -0.15) is 0 Å². The van der Waals surface area contributed by atoms with Crippen LogP contribution in [0.1, 0.15) is 48.8 Å². The molecular formula is C16H20N4O2. The highest BCUT2D eigenvalue weighted by Crippen LogP contribution is 2.26. The summed E-state index contributed by atoms with van der Waals surface area (Å²) >= 11 is 0. The fourth-order valence-electron chi connectivity index (χ4n) is 2.82. The minimum absolute atomic E-state index is 0.0113. The lowest BCUT2D eigenvalue weighted by molar-refractivity contribution is 0.0148. The zero-order valence-corrected chi connectivity index (χ0v) is 12.7. The Morgan fingerprint density at radius 1 is 1.41 bits per heavy atom. The second kappa shape index (κ2) is 6.68. The molecule has 22 heavy (non-hydrogen) atoms. The Balaban J connectivity index is 1.59. The molecule has 0 spiro atoms. The summed E-state index contributed by atoms with van der Waals surface area (Å²) in [6.07, 6.45) is 7.57. The third kappa shape index (κ3) is 3.69. The van der Waals surface area contributed by atoms with Crippen LogP contribution >= 0.6 is 0 Å². The topological polar surface area (TPSA) is 69.9 Å². The smallest absolute Gasteiger partial charge is 0.360 e. The molecule has 6 heteroatoms. The first-order chi connectivity index (χ1) is 10.7. The van der Waals surface area contributed by atoms with Crippen LogP contribution < -0.4 is 0 Å². The molecular weight excluding hydrogens is 280 g/mol. The van der Waals surface area contributed by atoms with Gasteiger partial charge in [-0.05, 0) is 37.3 Å². The average molecular weight is 300 g/mol. The molecule has 1 aliphatic rings. The second-order valence-corrected chi connectivity index (χ2v) is 5.92. The zero-order chi connectivity index (χ0) is 15.4. The van der Waals surface area contributed by atoms with Crippen molar-refractivity contribution >= 4 is 5.97 Å². The van der Waals surface area contributed by atoms with E-state index in [1.807, 2.05) is 18.2 Å². The van der Waals surface area contributed by atoms with Crippen molar-refractivity contribution in [3.05, 3.63) is 42.0 Å². The molecule has 0 amide bonds. The van der Waals surface area contributed by atoms with Crippen LogP contribution in [0.2, 0.25) is 0 Å². The highest BCUT2D eigenvalue weighted by Gasteiger charge is 2.24. The van der Waals surface area contributed by atoms with Crippen LogP contribution in [-0.4, -0.2) is 32.1 Å². The molecule has 6 nitrogen and oxygen atoms in total. The van der Waals surface area contributed by atoms with Gasteiger partial charge >= 0.3 is 5.97 Å². The lowest BCUT2D eigenvalue weighted by Gasteiger charge is -2.26. The Morgan fingerprint density at radius 2 is 2.32 bits per heavy atom. The van der Waals surface area contributed by atoms with Crippen LogP contribution in [0.25, 0.3) is 0 Å². The number of rotatable bonds is 4. The van der Waals surface area contributed by atoms with E-state index in [0.29, 0.717) is 12.5 Å². The molecule has 0 bridgehead atoms. The van der Waals surface area contributed by atoms with E-state index in [1.54, 1.807) is 17.1 Å². The van der Waals surface area contributed by atoms with Crippen LogP contribution in [0.3, 0.4) is 0 Å². The van der Waals surface area contributed by atoms with Crippen LogP contribution in [0.4, 0.5) is 0 Å². The summed E-state index contributed by atoms with van der Waals surface area (Å²) in [6, 6.07) is 5.68. The summed E-state index contributed by atoms with van der Waals surface area (Å²) in [5.41, 5.74) is 1.13. The number of hydrogen-bond donors (Lipinski definition) is 0. The number of carbonyl (C=O) groups excluding carboxylic acids is 1. The Bertz CT molecular complexity index is 626. The monoisotopic (exact) mass is 300 g/mol. The van der Waals surface area contributed by atoms with Crippen molar-refractivity contribution in [2.75, 3.05) is 0 Å². The summed E-state index contributed by atoms with van der Waals surface area (Å²) < 4.78 is 7.14. The Hall–Kier alpha value is -2.24. The standard InChI is InChI=1S/C16H20N4O2/c1-12-5-4-7-14(9-12)22-16(21)15-11-20(19-18-15)10-13-6-2-3-8-17-13/h2-3,6,8,11-12,14H,4-5,7,9-10H2,1H3/t12-,14+/m0/s1. The predicted octanol–water partition coefficient (Wildman–Crippen LogP) is 2.46. The van der Waals surface area contributed by atoms with Crippen molar-refractivity contribution < 1.29 is 9.53 Å². The maximum Gasteiger partial charge on any atom is 0.360 e. The van der Waals surface area contributed by atoms with E-state index in [2.05, 4.69) is 22.2 Å². The lowest BCUT2D eigenvalue weighted by Crippen LogP contribution is -2.24. The maximum absolute atomic E-state index is 12.1.